The molecule has 3 heteroatoms. The van der Waals surface area contributed by atoms with Gasteiger partial charge in [0, 0.05) is 0 Å². The quantitative estimate of drug-likeness (QED) is 0.449. The Morgan fingerprint density at radius 1 is 1.21 bits per heavy atom. The number of rotatable bonds is 5. The number of para-hydroxylation sites is 1. The molecular formula is C11H19ClN2. The largest absolute Gasteiger partial charge is 0.324 e. The first-order valence-electron chi connectivity index (χ1n) is 4.93. The minimum Gasteiger partial charge on any atom is -0.324 e. The minimum absolute atomic E-state index is 0. The van der Waals surface area contributed by atoms with Crippen molar-refractivity contribution in [3.8, 4) is 0 Å². The Morgan fingerprint density at radius 3 is 2.57 bits per heavy atom. The van der Waals surface area contributed by atoms with Crippen LogP contribution in [0.2, 0.25) is 0 Å². The molecule has 0 bridgehead atoms. The summed E-state index contributed by atoms with van der Waals surface area (Å²) in [4.78, 5) is 0. The molecule has 0 aliphatic heterocycles. The van der Waals surface area contributed by atoms with E-state index in [-0.39, 0.29) is 12.4 Å². The normalized spacial score (nSPS) is 9.29. The Morgan fingerprint density at radius 2 is 1.93 bits per heavy atom. The molecule has 0 fully saturated rings. The number of nitrogens with two attached hydrogens (primary N) is 1. The van der Waals surface area contributed by atoms with E-state index in [1.807, 2.05) is 12.1 Å². The lowest BCUT2D eigenvalue weighted by Gasteiger charge is -2.07. The molecule has 0 spiro atoms. The van der Waals surface area contributed by atoms with Gasteiger partial charge in [0.05, 0.1) is 5.69 Å². The average Bonchev–Trinajstić information content (AvgIpc) is 2.19. The molecule has 80 valence electrons. The summed E-state index contributed by atoms with van der Waals surface area (Å²) in [6.07, 6.45) is 4.92. The summed E-state index contributed by atoms with van der Waals surface area (Å²) in [5.74, 6) is 5.40. The Bertz CT molecular complexity index is 251. The molecule has 0 atom stereocenters. The van der Waals surface area contributed by atoms with Crippen molar-refractivity contribution in [2.24, 2.45) is 5.84 Å². The molecule has 2 nitrogen and oxygen atoms in total. The summed E-state index contributed by atoms with van der Waals surface area (Å²) < 4.78 is 0. The van der Waals surface area contributed by atoms with Crippen LogP contribution >= 0.6 is 12.4 Å². The van der Waals surface area contributed by atoms with E-state index in [1.165, 1.54) is 24.8 Å². The molecule has 0 aliphatic carbocycles. The maximum absolute atomic E-state index is 5.40. The van der Waals surface area contributed by atoms with E-state index in [0.29, 0.717) is 0 Å². The predicted octanol–water partition coefficient (Wildman–Crippen LogP) is 3.13. The average molecular weight is 215 g/mol. The summed E-state index contributed by atoms with van der Waals surface area (Å²) in [7, 11) is 0. The van der Waals surface area contributed by atoms with Crippen LogP contribution in [-0.2, 0) is 6.42 Å². The van der Waals surface area contributed by atoms with Gasteiger partial charge in [-0.3, -0.25) is 5.84 Å². The van der Waals surface area contributed by atoms with Crippen LogP contribution in [0.5, 0.6) is 0 Å². The fraction of sp³-hybridized carbons (Fsp3) is 0.455. The summed E-state index contributed by atoms with van der Waals surface area (Å²) >= 11 is 0. The van der Waals surface area contributed by atoms with Gasteiger partial charge in [-0.05, 0) is 24.5 Å². The van der Waals surface area contributed by atoms with Crippen molar-refractivity contribution < 1.29 is 0 Å². The van der Waals surface area contributed by atoms with Gasteiger partial charge in [0.2, 0.25) is 0 Å². The smallest absolute Gasteiger partial charge is 0.0517 e. The van der Waals surface area contributed by atoms with E-state index in [1.54, 1.807) is 0 Å². The van der Waals surface area contributed by atoms with Crippen molar-refractivity contribution in [3.05, 3.63) is 29.8 Å². The van der Waals surface area contributed by atoms with Crippen LogP contribution in [0.25, 0.3) is 0 Å². The second-order valence-electron chi connectivity index (χ2n) is 3.26. The molecular weight excluding hydrogens is 196 g/mol. The zero-order chi connectivity index (χ0) is 9.52. The number of aryl methyl sites for hydroxylation is 1. The van der Waals surface area contributed by atoms with Crippen molar-refractivity contribution >= 4 is 18.1 Å². The highest BCUT2D eigenvalue weighted by Gasteiger charge is 1.98. The van der Waals surface area contributed by atoms with Gasteiger partial charge in [0.15, 0.2) is 0 Å². The molecule has 0 saturated carbocycles. The Kier molecular flexibility index (Phi) is 7.25. The van der Waals surface area contributed by atoms with Crippen molar-refractivity contribution in [1.82, 2.24) is 0 Å². The number of nitrogen functional groups attached to an aromatic ring is 1. The highest BCUT2D eigenvalue weighted by Crippen LogP contribution is 2.16. The lowest BCUT2D eigenvalue weighted by atomic mass is 10.1. The van der Waals surface area contributed by atoms with Gasteiger partial charge in [0.25, 0.3) is 0 Å². The lowest BCUT2D eigenvalue weighted by molar-refractivity contribution is 0.718. The molecule has 1 aromatic carbocycles. The van der Waals surface area contributed by atoms with Crippen LogP contribution in [-0.4, -0.2) is 0 Å². The Labute approximate surface area is 92.3 Å². The van der Waals surface area contributed by atoms with Crippen molar-refractivity contribution in [1.29, 1.82) is 0 Å². The number of unbranched alkanes of at least 4 members (excludes halogenated alkanes) is 2. The number of anilines is 1. The SMILES string of the molecule is CCCCCc1ccccc1NN.Cl. The topological polar surface area (TPSA) is 38.0 Å². The van der Waals surface area contributed by atoms with Crippen molar-refractivity contribution in [2.45, 2.75) is 32.6 Å². The van der Waals surface area contributed by atoms with E-state index in [9.17, 15) is 0 Å². The summed E-state index contributed by atoms with van der Waals surface area (Å²) in [5, 5.41) is 0. The van der Waals surface area contributed by atoms with E-state index < -0.39 is 0 Å². The van der Waals surface area contributed by atoms with Gasteiger partial charge in [-0.15, -0.1) is 12.4 Å². The number of hydrogen-bond acceptors (Lipinski definition) is 2. The first-order chi connectivity index (χ1) is 6.38. The fourth-order valence-corrected chi connectivity index (χ4v) is 1.44. The number of hydrazine groups is 1. The first kappa shape index (κ1) is 13.3. The van der Waals surface area contributed by atoms with Crippen molar-refractivity contribution in [3.63, 3.8) is 0 Å². The molecule has 0 saturated heterocycles. The fourth-order valence-electron chi connectivity index (χ4n) is 1.44. The maximum atomic E-state index is 5.40. The van der Waals surface area contributed by atoms with E-state index in [4.69, 9.17) is 5.84 Å². The molecule has 0 heterocycles. The van der Waals surface area contributed by atoms with E-state index in [2.05, 4.69) is 24.5 Å². The van der Waals surface area contributed by atoms with Crippen molar-refractivity contribution in [2.75, 3.05) is 5.43 Å². The van der Waals surface area contributed by atoms with Gasteiger partial charge < -0.3 is 5.43 Å². The highest BCUT2D eigenvalue weighted by molar-refractivity contribution is 5.85. The molecule has 0 unspecified atom stereocenters. The zero-order valence-electron chi connectivity index (χ0n) is 8.62. The number of hydrogen-bond donors (Lipinski definition) is 2. The van der Waals surface area contributed by atoms with Crippen LogP contribution in [0.3, 0.4) is 0 Å². The molecule has 3 N–H and O–H groups in total. The first-order valence-corrected chi connectivity index (χ1v) is 4.93. The standard InChI is InChI=1S/C11H18N2.ClH/c1-2-3-4-7-10-8-5-6-9-11(10)13-12;/h5-6,8-9,13H,2-4,7,12H2,1H3;1H. The number of benzene rings is 1. The lowest BCUT2D eigenvalue weighted by Crippen LogP contribution is -2.08. The van der Waals surface area contributed by atoms with Crippen LogP contribution in [0.4, 0.5) is 5.69 Å². The van der Waals surface area contributed by atoms with Gasteiger partial charge in [0.1, 0.15) is 0 Å². The van der Waals surface area contributed by atoms with E-state index in [0.717, 1.165) is 12.1 Å². The minimum atomic E-state index is 0. The molecule has 0 amide bonds. The van der Waals surface area contributed by atoms with Crippen LogP contribution < -0.4 is 11.3 Å². The summed E-state index contributed by atoms with van der Waals surface area (Å²) in [6, 6.07) is 8.20. The third-order valence-electron chi connectivity index (χ3n) is 2.22. The zero-order valence-corrected chi connectivity index (χ0v) is 9.44. The van der Waals surface area contributed by atoms with Crippen LogP contribution in [0, 0.1) is 0 Å². The third-order valence-corrected chi connectivity index (χ3v) is 2.22. The highest BCUT2D eigenvalue weighted by atomic mass is 35.5. The molecule has 0 radical (unpaired) electrons. The van der Waals surface area contributed by atoms with Gasteiger partial charge in [-0.1, -0.05) is 38.0 Å². The second kappa shape index (κ2) is 7.65. The monoisotopic (exact) mass is 214 g/mol. The third kappa shape index (κ3) is 3.99. The molecule has 0 aromatic heterocycles. The van der Waals surface area contributed by atoms with Crippen LogP contribution in [0.1, 0.15) is 31.7 Å². The predicted molar refractivity (Wildman–Crippen MR) is 64.7 cm³/mol. The second-order valence-corrected chi connectivity index (χ2v) is 3.26. The summed E-state index contributed by atoms with van der Waals surface area (Å²) in [5.41, 5.74) is 5.09. The Hall–Kier alpha value is -0.730. The molecule has 0 aliphatic rings. The van der Waals surface area contributed by atoms with E-state index >= 15 is 0 Å². The maximum Gasteiger partial charge on any atom is 0.0517 e. The van der Waals surface area contributed by atoms with Gasteiger partial charge in [-0.25, -0.2) is 0 Å². The summed E-state index contributed by atoms with van der Waals surface area (Å²) in [6.45, 7) is 2.22. The van der Waals surface area contributed by atoms with Gasteiger partial charge >= 0.3 is 0 Å². The number of nitrogens with one attached hydrogen (secondary N) is 1. The molecule has 1 rings (SSSR count). The molecule has 14 heavy (non-hydrogen) atoms. The molecule has 1 aromatic rings. The number of halogens is 1. The van der Waals surface area contributed by atoms with Crippen LogP contribution in [0.15, 0.2) is 24.3 Å². The van der Waals surface area contributed by atoms with Gasteiger partial charge in [-0.2, -0.15) is 0 Å². The Balaban J connectivity index is 0.00000169.